The summed E-state index contributed by atoms with van der Waals surface area (Å²) in [5, 5.41) is 10.2. The summed E-state index contributed by atoms with van der Waals surface area (Å²) in [6.07, 6.45) is 4.25. The van der Waals surface area contributed by atoms with Crippen LogP contribution in [-0.2, 0) is 9.53 Å². The second-order valence-corrected chi connectivity index (χ2v) is 6.53. The van der Waals surface area contributed by atoms with Gasteiger partial charge in [0.05, 0.1) is 25.4 Å². The molecule has 1 aliphatic heterocycles. The molecule has 1 saturated heterocycles. The van der Waals surface area contributed by atoms with Crippen LogP contribution in [0.25, 0.3) is 5.57 Å². The Bertz CT molecular complexity index is 569. The molecule has 2 fully saturated rings. The molecule has 3 rings (SSSR count). The molecule has 1 aromatic carbocycles. The highest BCUT2D eigenvalue weighted by Crippen LogP contribution is 2.32. The third kappa shape index (κ3) is 3.65. The third-order valence-electron chi connectivity index (χ3n) is 5.04. The molecule has 3 unspecified atom stereocenters. The largest absolute Gasteiger partial charge is 0.393 e. The van der Waals surface area contributed by atoms with Crippen LogP contribution in [0.2, 0.25) is 0 Å². The summed E-state index contributed by atoms with van der Waals surface area (Å²) in [6.45, 7) is 3.67. The number of amides is 1. The van der Waals surface area contributed by atoms with E-state index in [1.54, 1.807) is 6.08 Å². The Morgan fingerprint density at radius 1 is 1.30 bits per heavy atom. The van der Waals surface area contributed by atoms with Crippen molar-refractivity contribution in [3.05, 3.63) is 42.0 Å². The van der Waals surface area contributed by atoms with Gasteiger partial charge in [0, 0.05) is 18.5 Å². The minimum atomic E-state index is -0.309. The van der Waals surface area contributed by atoms with Gasteiger partial charge in [0.25, 0.3) is 0 Å². The summed E-state index contributed by atoms with van der Waals surface area (Å²) in [5.74, 6) is 0.170. The quantitative estimate of drug-likeness (QED) is 0.872. The standard InChI is InChI=1S/C19H25NO3/c1-14(15-6-3-2-4-7-15)12-19(22)20-10-11-23-13-17(20)16-8-5-9-18(16)21/h2-4,6-7,12,16-18,21H,5,8-11,13H2,1H3/b14-12+. The van der Waals surface area contributed by atoms with Gasteiger partial charge in [-0.25, -0.2) is 0 Å². The SMILES string of the molecule is C/C(=C\C(=O)N1CCOCC1C1CCCC1O)c1ccccc1. The van der Waals surface area contributed by atoms with E-state index in [-0.39, 0.29) is 24.0 Å². The Balaban J connectivity index is 1.76. The molecule has 0 spiro atoms. The molecule has 23 heavy (non-hydrogen) atoms. The van der Waals surface area contributed by atoms with Gasteiger partial charge in [-0.1, -0.05) is 36.8 Å². The molecule has 1 heterocycles. The van der Waals surface area contributed by atoms with Crippen LogP contribution in [-0.4, -0.2) is 47.8 Å². The first kappa shape index (κ1) is 16.2. The molecule has 4 nitrogen and oxygen atoms in total. The van der Waals surface area contributed by atoms with Crippen molar-refractivity contribution in [2.24, 2.45) is 5.92 Å². The third-order valence-corrected chi connectivity index (χ3v) is 5.04. The molecule has 1 amide bonds. The first-order valence-electron chi connectivity index (χ1n) is 8.47. The van der Waals surface area contributed by atoms with E-state index in [4.69, 9.17) is 4.74 Å². The van der Waals surface area contributed by atoms with Gasteiger partial charge in [-0.15, -0.1) is 0 Å². The van der Waals surface area contributed by atoms with Crippen molar-refractivity contribution < 1.29 is 14.6 Å². The monoisotopic (exact) mass is 315 g/mol. The molecule has 2 aliphatic rings. The molecule has 0 aromatic heterocycles. The molecule has 0 bridgehead atoms. The van der Waals surface area contributed by atoms with Crippen LogP contribution in [0.4, 0.5) is 0 Å². The summed E-state index contributed by atoms with van der Waals surface area (Å²) >= 11 is 0. The van der Waals surface area contributed by atoms with Crippen molar-refractivity contribution in [2.75, 3.05) is 19.8 Å². The average molecular weight is 315 g/mol. The molecule has 1 N–H and O–H groups in total. The van der Waals surface area contributed by atoms with E-state index in [9.17, 15) is 9.90 Å². The Hall–Kier alpha value is -1.65. The molecule has 3 atom stereocenters. The second kappa shape index (κ2) is 7.28. The van der Waals surface area contributed by atoms with Gasteiger partial charge in [0.1, 0.15) is 0 Å². The van der Waals surface area contributed by atoms with Crippen LogP contribution in [0.15, 0.2) is 36.4 Å². The van der Waals surface area contributed by atoms with E-state index >= 15 is 0 Å². The first-order chi connectivity index (χ1) is 11.2. The van der Waals surface area contributed by atoms with Gasteiger partial charge in [0.15, 0.2) is 0 Å². The normalized spacial score (nSPS) is 28.9. The van der Waals surface area contributed by atoms with Crippen molar-refractivity contribution in [3.8, 4) is 0 Å². The summed E-state index contributed by atoms with van der Waals surface area (Å²) in [5.41, 5.74) is 2.03. The van der Waals surface area contributed by atoms with E-state index in [2.05, 4.69) is 0 Å². The van der Waals surface area contributed by atoms with E-state index in [0.717, 1.165) is 30.4 Å². The van der Waals surface area contributed by atoms with Crippen molar-refractivity contribution in [3.63, 3.8) is 0 Å². The number of allylic oxidation sites excluding steroid dienone is 1. The lowest BCUT2D eigenvalue weighted by Gasteiger charge is -2.39. The summed E-state index contributed by atoms with van der Waals surface area (Å²) in [6, 6.07) is 9.94. The zero-order valence-corrected chi connectivity index (χ0v) is 13.6. The highest BCUT2D eigenvalue weighted by atomic mass is 16.5. The van der Waals surface area contributed by atoms with E-state index in [0.29, 0.717) is 19.8 Å². The fraction of sp³-hybridized carbons (Fsp3) is 0.526. The lowest BCUT2D eigenvalue weighted by Crippen LogP contribution is -2.53. The fourth-order valence-electron chi connectivity index (χ4n) is 3.72. The number of hydrogen-bond donors (Lipinski definition) is 1. The Kier molecular flexibility index (Phi) is 5.13. The molecular formula is C19H25NO3. The number of ether oxygens (including phenoxy) is 1. The van der Waals surface area contributed by atoms with Crippen molar-refractivity contribution >= 4 is 11.5 Å². The van der Waals surface area contributed by atoms with Crippen LogP contribution in [0.5, 0.6) is 0 Å². The van der Waals surface area contributed by atoms with Gasteiger partial charge in [-0.2, -0.15) is 0 Å². The lowest BCUT2D eigenvalue weighted by atomic mass is 9.94. The summed E-state index contributed by atoms with van der Waals surface area (Å²) in [7, 11) is 0. The Labute approximate surface area is 137 Å². The van der Waals surface area contributed by atoms with Gasteiger partial charge >= 0.3 is 0 Å². The number of morpholine rings is 1. The number of carbonyl (C=O) groups is 1. The zero-order chi connectivity index (χ0) is 16.2. The van der Waals surface area contributed by atoms with Gasteiger partial charge in [-0.3, -0.25) is 4.79 Å². The highest BCUT2D eigenvalue weighted by molar-refractivity contribution is 5.95. The number of carbonyl (C=O) groups excluding carboxylic acids is 1. The number of aliphatic hydroxyl groups excluding tert-OH is 1. The molecule has 1 aromatic rings. The van der Waals surface area contributed by atoms with Crippen LogP contribution < -0.4 is 0 Å². The average Bonchev–Trinajstić information content (AvgIpc) is 3.01. The number of benzene rings is 1. The van der Waals surface area contributed by atoms with E-state index < -0.39 is 0 Å². The minimum absolute atomic E-state index is 0.00595. The fourth-order valence-corrected chi connectivity index (χ4v) is 3.72. The lowest BCUT2D eigenvalue weighted by molar-refractivity contribution is -0.138. The van der Waals surface area contributed by atoms with Crippen LogP contribution in [0, 0.1) is 5.92 Å². The zero-order valence-electron chi connectivity index (χ0n) is 13.6. The minimum Gasteiger partial charge on any atom is -0.393 e. The number of rotatable bonds is 3. The maximum absolute atomic E-state index is 12.8. The second-order valence-electron chi connectivity index (χ2n) is 6.53. The number of hydrogen-bond acceptors (Lipinski definition) is 3. The maximum atomic E-state index is 12.8. The predicted octanol–water partition coefficient (Wildman–Crippen LogP) is 2.48. The Morgan fingerprint density at radius 2 is 2.09 bits per heavy atom. The smallest absolute Gasteiger partial charge is 0.247 e. The molecular weight excluding hydrogens is 290 g/mol. The number of nitrogens with zero attached hydrogens (tertiary/aromatic N) is 1. The van der Waals surface area contributed by atoms with E-state index in [1.165, 1.54) is 0 Å². The van der Waals surface area contributed by atoms with Gasteiger partial charge in [0.2, 0.25) is 5.91 Å². The van der Waals surface area contributed by atoms with Crippen molar-refractivity contribution in [1.29, 1.82) is 0 Å². The molecule has 0 radical (unpaired) electrons. The summed E-state index contributed by atoms with van der Waals surface area (Å²) < 4.78 is 5.59. The maximum Gasteiger partial charge on any atom is 0.247 e. The molecule has 124 valence electrons. The molecule has 4 heteroatoms. The van der Waals surface area contributed by atoms with Gasteiger partial charge < -0.3 is 14.7 Å². The highest BCUT2D eigenvalue weighted by Gasteiger charge is 2.38. The van der Waals surface area contributed by atoms with Gasteiger partial charge in [-0.05, 0) is 30.9 Å². The molecule has 1 saturated carbocycles. The van der Waals surface area contributed by atoms with Crippen LogP contribution in [0.3, 0.4) is 0 Å². The van der Waals surface area contributed by atoms with Crippen LogP contribution in [0.1, 0.15) is 31.7 Å². The summed E-state index contributed by atoms with van der Waals surface area (Å²) in [4.78, 5) is 14.7. The molecule has 1 aliphatic carbocycles. The van der Waals surface area contributed by atoms with Crippen molar-refractivity contribution in [1.82, 2.24) is 4.90 Å². The number of aliphatic hydroxyl groups is 1. The topological polar surface area (TPSA) is 49.8 Å². The van der Waals surface area contributed by atoms with Crippen molar-refractivity contribution in [2.45, 2.75) is 38.3 Å². The Morgan fingerprint density at radius 3 is 2.78 bits per heavy atom. The van der Waals surface area contributed by atoms with Crippen LogP contribution >= 0.6 is 0 Å². The first-order valence-corrected chi connectivity index (χ1v) is 8.47. The predicted molar refractivity (Wildman–Crippen MR) is 89.8 cm³/mol. The van der Waals surface area contributed by atoms with E-state index in [1.807, 2.05) is 42.2 Å².